The smallest absolute Gasteiger partial charge is 0.264 e. The Morgan fingerprint density at radius 3 is 2.64 bits per heavy atom. The summed E-state index contributed by atoms with van der Waals surface area (Å²) in [5, 5.41) is 0.978. The second-order valence-corrected chi connectivity index (χ2v) is 9.31. The molecule has 1 aromatic heterocycles. The third kappa shape index (κ3) is 2.22. The maximum Gasteiger partial charge on any atom is 0.273 e. The highest BCUT2D eigenvalue weighted by molar-refractivity contribution is 8.00. The van der Waals surface area contributed by atoms with Gasteiger partial charge in [0.15, 0.2) is 0 Å². The third-order valence-electron chi connectivity index (χ3n) is 3.63. The number of fused-ring (bicyclic) bond motifs is 2. The van der Waals surface area contributed by atoms with Crippen molar-refractivity contribution in [3.05, 3.63) is 54.6 Å². The van der Waals surface area contributed by atoms with E-state index in [-0.39, 0.29) is 0 Å². The molecule has 0 radical (unpaired) electrons. The summed E-state index contributed by atoms with van der Waals surface area (Å²) in [5.41, 5.74) is 0.788. The lowest BCUT2D eigenvalue weighted by molar-refractivity contribution is 0.593. The molecule has 2 aromatic carbocycles. The highest BCUT2D eigenvalue weighted by Crippen LogP contribution is 2.39. The molecule has 112 valence electrons. The average molecular weight is 347 g/mol. The minimum Gasteiger partial charge on any atom is -0.264 e. The summed E-state index contributed by atoms with van der Waals surface area (Å²) in [6, 6.07) is 17.2. The SMILES string of the molecule is O=S(=O)(c1cc2ccccc2s1)N1CCSc2ccccc21. The van der Waals surface area contributed by atoms with Crippen LogP contribution < -0.4 is 4.31 Å². The number of thioether (sulfide) groups is 1. The summed E-state index contributed by atoms with van der Waals surface area (Å²) in [5.74, 6) is 0.779. The summed E-state index contributed by atoms with van der Waals surface area (Å²) in [6.45, 7) is 0.512. The third-order valence-corrected chi connectivity index (χ3v) is 8.05. The van der Waals surface area contributed by atoms with Crippen LogP contribution in [0.3, 0.4) is 0 Å². The lowest BCUT2D eigenvalue weighted by atomic mass is 10.3. The molecule has 0 fully saturated rings. The van der Waals surface area contributed by atoms with Crippen LogP contribution in [0.4, 0.5) is 5.69 Å². The van der Waals surface area contributed by atoms with Crippen molar-refractivity contribution in [2.45, 2.75) is 9.10 Å². The van der Waals surface area contributed by atoms with Gasteiger partial charge in [-0.05, 0) is 29.7 Å². The highest BCUT2D eigenvalue weighted by Gasteiger charge is 2.30. The number of sulfonamides is 1. The van der Waals surface area contributed by atoms with Gasteiger partial charge in [0.05, 0.1) is 5.69 Å². The molecule has 0 amide bonds. The number of anilines is 1. The van der Waals surface area contributed by atoms with Gasteiger partial charge in [0.2, 0.25) is 0 Å². The summed E-state index contributed by atoms with van der Waals surface area (Å²) in [6.07, 6.45) is 0. The van der Waals surface area contributed by atoms with Crippen molar-refractivity contribution in [3.8, 4) is 0 Å². The molecule has 0 saturated carbocycles. The molecule has 22 heavy (non-hydrogen) atoms. The molecule has 1 aliphatic heterocycles. The van der Waals surface area contributed by atoms with Gasteiger partial charge >= 0.3 is 0 Å². The van der Waals surface area contributed by atoms with Crippen LogP contribution in [0.15, 0.2) is 63.7 Å². The molecule has 0 N–H and O–H groups in total. The normalized spacial score (nSPS) is 15.0. The molecule has 0 unspecified atom stereocenters. The van der Waals surface area contributed by atoms with Crippen molar-refractivity contribution in [2.75, 3.05) is 16.6 Å². The van der Waals surface area contributed by atoms with E-state index >= 15 is 0 Å². The molecule has 0 bridgehead atoms. The predicted octanol–water partition coefficient (Wildman–Crippen LogP) is 4.20. The molecule has 3 nitrogen and oxygen atoms in total. The zero-order chi connectivity index (χ0) is 15.2. The van der Waals surface area contributed by atoms with Crippen molar-refractivity contribution < 1.29 is 8.42 Å². The van der Waals surface area contributed by atoms with Gasteiger partial charge in [0.1, 0.15) is 4.21 Å². The molecular weight excluding hydrogens is 334 g/mol. The summed E-state index contributed by atoms with van der Waals surface area (Å²) >= 11 is 3.04. The first-order chi connectivity index (χ1) is 10.7. The van der Waals surface area contributed by atoms with Gasteiger partial charge in [0, 0.05) is 21.9 Å². The van der Waals surface area contributed by atoms with E-state index in [1.54, 1.807) is 22.1 Å². The molecule has 2 heterocycles. The van der Waals surface area contributed by atoms with E-state index in [0.29, 0.717) is 10.8 Å². The molecule has 1 aliphatic rings. The molecule has 0 saturated heterocycles. The average Bonchev–Trinajstić information content (AvgIpc) is 2.99. The molecule has 4 rings (SSSR count). The Labute approximate surface area is 137 Å². The van der Waals surface area contributed by atoms with Crippen LogP contribution in [-0.2, 0) is 10.0 Å². The molecule has 6 heteroatoms. The largest absolute Gasteiger partial charge is 0.273 e. The van der Waals surface area contributed by atoms with E-state index < -0.39 is 10.0 Å². The minimum atomic E-state index is -3.50. The van der Waals surface area contributed by atoms with Gasteiger partial charge < -0.3 is 0 Å². The van der Waals surface area contributed by atoms with Gasteiger partial charge in [-0.3, -0.25) is 4.31 Å². The molecule has 0 aliphatic carbocycles. The van der Waals surface area contributed by atoms with Crippen molar-refractivity contribution in [1.82, 2.24) is 0 Å². The summed E-state index contributed by atoms with van der Waals surface area (Å²) in [4.78, 5) is 1.03. The van der Waals surface area contributed by atoms with Gasteiger partial charge in [-0.1, -0.05) is 30.3 Å². The number of nitrogens with zero attached hydrogens (tertiary/aromatic N) is 1. The minimum absolute atomic E-state index is 0.412. The standard InChI is InChI=1S/C16H13NO2S3/c18-22(19,16-11-12-5-1-3-7-14(12)21-16)17-9-10-20-15-8-4-2-6-13(15)17/h1-8,11H,9-10H2. The molecule has 3 aromatic rings. The van der Waals surface area contributed by atoms with Gasteiger partial charge in [-0.25, -0.2) is 8.42 Å². The monoisotopic (exact) mass is 347 g/mol. The second-order valence-electron chi connectivity index (χ2n) is 5.00. The van der Waals surface area contributed by atoms with E-state index in [1.807, 2.05) is 48.5 Å². The Morgan fingerprint density at radius 2 is 1.77 bits per heavy atom. The predicted molar refractivity (Wildman–Crippen MR) is 93.5 cm³/mol. The van der Waals surface area contributed by atoms with Crippen LogP contribution in [0.1, 0.15) is 0 Å². The zero-order valence-electron chi connectivity index (χ0n) is 11.6. The first-order valence-corrected chi connectivity index (χ1v) is 10.1. The number of benzene rings is 2. The van der Waals surface area contributed by atoms with Crippen LogP contribution in [-0.4, -0.2) is 20.7 Å². The lowest BCUT2D eigenvalue weighted by Crippen LogP contribution is -2.34. The number of thiophene rings is 1. The van der Waals surface area contributed by atoms with Gasteiger partial charge in [-0.15, -0.1) is 23.1 Å². The number of para-hydroxylation sites is 1. The van der Waals surface area contributed by atoms with Crippen LogP contribution in [0.5, 0.6) is 0 Å². The Hall–Kier alpha value is -1.50. The van der Waals surface area contributed by atoms with Crippen molar-refractivity contribution in [3.63, 3.8) is 0 Å². The fraction of sp³-hybridized carbons (Fsp3) is 0.125. The van der Waals surface area contributed by atoms with Crippen molar-refractivity contribution in [2.24, 2.45) is 0 Å². The number of hydrogen-bond donors (Lipinski definition) is 0. The fourth-order valence-corrected chi connectivity index (χ4v) is 6.75. The van der Waals surface area contributed by atoms with E-state index in [0.717, 1.165) is 26.4 Å². The van der Waals surface area contributed by atoms with Crippen LogP contribution >= 0.6 is 23.1 Å². The number of hydrogen-bond acceptors (Lipinski definition) is 4. The fourth-order valence-electron chi connectivity index (χ4n) is 2.59. The van der Waals surface area contributed by atoms with Crippen molar-refractivity contribution in [1.29, 1.82) is 0 Å². The zero-order valence-corrected chi connectivity index (χ0v) is 14.0. The summed E-state index contributed by atoms with van der Waals surface area (Å²) in [7, 11) is -3.50. The van der Waals surface area contributed by atoms with Gasteiger partial charge in [-0.2, -0.15) is 0 Å². The van der Waals surface area contributed by atoms with E-state index in [2.05, 4.69) is 0 Å². The Morgan fingerprint density at radius 1 is 1.00 bits per heavy atom. The maximum absolute atomic E-state index is 13.0. The topological polar surface area (TPSA) is 37.4 Å². The lowest BCUT2D eigenvalue weighted by Gasteiger charge is -2.29. The van der Waals surface area contributed by atoms with Crippen LogP contribution in [0, 0.1) is 0 Å². The van der Waals surface area contributed by atoms with Crippen LogP contribution in [0.25, 0.3) is 10.1 Å². The van der Waals surface area contributed by atoms with E-state index in [9.17, 15) is 8.42 Å². The highest BCUT2D eigenvalue weighted by atomic mass is 32.2. The first kappa shape index (κ1) is 14.1. The van der Waals surface area contributed by atoms with E-state index in [1.165, 1.54) is 11.3 Å². The second kappa shape index (κ2) is 5.30. The number of rotatable bonds is 2. The first-order valence-electron chi connectivity index (χ1n) is 6.89. The summed E-state index contributed by atoms with van der Waals surface area (Å²) < 4.78 is 29.1. The van der Waals surface area contributed by atoms with Crippen LogP contribution in [0.2, 0.25) is 0 Å². The molecular formula is C16H13NO2S3. The quantitative estimate of drug-likeness (QED) is 0.697. The maximum atomic E-state index is 13.0. The molecule has 0 spiro atoms. The Balaban J connectivity index is 1.84. The Kier molecular flexibility index (Phi) is 3.40. The Bertz CT molecular complexity index is 914. The van der Waals surface area contributed by atoms with Crippen molar-refractivity contribution >= 4 is 48.9 Å². The van der Waals surface area contributed by atoms with Gasteiger partial charge in [0.25, 0.3) is 10.0 Å². The molecule has 0 atom stereocenters. The van der Waals surface area contributed by atoms with E-state index in [4.69, 9.17) is 0 Å².